The van der Waals surface area contributed by atoms with Gasteiger partial charge in [-0.1, -0.05) is 5.92 Å². The number of fused-ring (bicyclic) bond motifs is 1. The summed E-state index contributed by atoms with van der Waals surface area (Å²) in [5.41, 5.74) is 1.45. The molecule has 1 fully saturated rings. The second-order valence-corrected chi connectivity index (χ2v) is 7.32. The third-order valence-corrected chi connectivity index (χ3v) is 5.06. The molecule has 3 aromatic rings. The Morgan fingerprint density at radius 1 is 1.42 bits per heavy atom. The zero-order valence-corrected chi connectivity index (χ0v) is 17.4. The van der Waals surface area contributed by atoms with Gasteiger partial charge in [0.2, 0.25) is 0 Å². The maximum Gasteiger partial charge on any atom is 0.275 e. The molecule has 1 aliphatic rings. The average Bonchev–Trinajstić information content (AvgIpc) is 3.38. The van der Waals surface area contributed by atoms with E-state index in [2.05, 4.69) is 36.2 Å². The number of ether oxygens (including phenoxy) is 1. The summed E-state index contributed by atoms with van der Waals surface area (Å²) in [5, 5.41) is 8.08. The van der Waals surface area contributed by atoms with Gasteiger partial charge < -0.3 is 19.9 Å². The Balaban J connectivity index is 1.51. The van der Waals surface area contributed by atoms with Crippen LogP contribution in [-0.4, -0.2) is 58.6 Å². The number of carbonyl (C=O) groups is 1. The summed E-state index contributed by atoms with van der Waals surface area (Å²) in [4.78, 5) is 27.8. The maximum atomic E-state index is 12.8. The third kappa shape index (κ3) is 4.48. The van der Waals surface area contributed by atoms with Gasteiger partial charge in [-0.15, -0.1) is 6.42 Å². The van der Waals surface area contributed by atoms with E-state index in [4.69, 9.17) is 11.2 Å². The number of hydrogen-bond acceptors (Lipinski definition) is 7. The van der Waals surface area contributed by atoms with Crippen LogP contribution in [0, 0.1) is 18.3 Å². The number of aromatic nitrogens is 4. The van der Waals surface area contributed by atoms with Crippen molar-refractivity contribution in [2.24, 2.45) is 18.0 Å². The van der Waals surface area contributed by atoms with Crippen LogP contribution < -0.4 is 15.0 Å². The van der Waals surface area contributed by atoms with Crippen LogP contribution in [0.25, 0.3) is 10.9 Å². The van der Waals surface area contributed by atoms with Crippen molar-refractivity contribution < 1.29 is 9.53 Å². The predicted molar refractivity (Wildman–Crippen MR) is 120 cm³/mol. The van der Waals surface area contributed by atoms with E-state index >= 15 is 0 Å². The minimum Gasteiger partial charge on any atom is -0.479 e. The highest BCUT2D eigenvalue weighted by Gasteiger charge is 2.22. The predicted octanol–water partition coefficient (Wildman–Crippen LogP) is 2.15. The number of amides is 1. The fourth-order valence-electron chi connectivity index (χ4n) is 3.63. The van der Waals surface area contributed by atoms with E-state index < -0.39 is 0 Å². The van der Waals surface area contributed by atoms with Gasteiger partial charge in [-0.2, -0.15) is 5.10 Å². The lowest BCUT2D eigenvalue weighted by molar-refractivity contribution is 0.102. The summed E-state index contributed by atoms with van der Waals surface area (Å²) in [5.74, 6) is 3.66. The normalized spacial score (nSPS) is 16.0. The van der Waals surface area contributed by atoms with E-state index in [9.17, 15) is 4.79 Å². The molecule has 1 atom stereocenters. The molecule has 1 unspecified atom stereocenters. The first-order valence-corrected chi connectivity index (χ1v) is 9.91. The van der Waals surface area contributed by atoms with Gasteiger partial charge in [-0.3, -0.25) is 9.48 Å². The van der Waals surface area contributed by atoms with Crippen molar-refractivity contribution in [3.05, 3.63) is 36.4 Å². The molecule has 0 radical (unpaired) electrons. The average molecular weight is 417 g/mol. The molecule has 0 aliphatic carbocycles. The molecule has 0 saturated carbocycles. The van der Waals surface area contributed by atoms with E-state index in [0.717, 1.165) is 36.2 Å². The minimum absolute atomic E-state index is 0.0787. The maximum absolute atomic E-state index is 12.8. The van der Waals surface area contributed by atoms with Crippen molar-refractivity contribution in [1.82, 2.24) is 19.7 Å². The topological polar surface area (TPSA) is 97.5 Å². The number of nitrogens with one attached hydrogen (secondary N) is 1. The first-order chi connectivity index (χ1) is 15.1. The fourth-order valence-corrected chi connectivity index (χ4v) is 3.63. The number of terminal acetylenes is 1. The van der Waals surface area contributed by atoms with Crippen molar-refractivity contribution in [1.29, 1.82) is 0 Å². The Morgan fingerprint density at radius 2 is 2.29 bits per heavy atom. The Bertz CT molecular complexity index is 1160. The van der Waals surface area contributed by atoms with Crippen molar-refractivity contribution in [2.45, 2.75) is 6.42 Å². The van der Waals surface area contributed by atoms with Crippen LogP contribution in [0.1, 0.15) is 16.9 Å². The number of anilines is 2. The van der Waals surface area contributed by atoms with Gasteiger partial charge in [0, 0.05) is 57.0 Å². The van der Waals surface area contributed by atoms with E-state index in [1.165, 1.54) is 6.20 Å². The van der Waals surface area contributed by atoms with E-state index in [-0.39, 0.29) is 18.2 Å². The van der Waals surface area contributed by atoms with Crippen molar-refractivity contribution in [3.63, 3.8) is 0 Å². The Morgan fingerprint density at radius 3 is 3.03 bits per heavy atom. The highest BCUT2D eigenvalue weighted by atomic mass is 16.5. The van der Waals surface area contributed by atoms with Crippen molar-refractivity contribution in [2.75, 3.05) is 37.0 Å². The Kier molecular flexibility index (Phi) is 5.80. The summed E-state index contributed by atoms with van der Waals surface area (Å²) in [7, 11) is 3.61. The van der Waals surface area contributed by atoms with Gasteiger partial charge in [-0.25, -0.2) is 9.97 Å². The van der Waals surface area contributed by atoms with Crippen LogP contribution in [0.5, 0.6) is 5.75 Å². The Labute approximate surface area is 180 Å². The largest absolute Gasteiger partial charge is 0.479 e. The molecule has 0 spiro atoms. The second-order valence-electron chi connectivity index (χ2n) is 7.32. The summed E-state index contributed by atoms with van der Waals surface area (Å²) in [6.07, 6.45) is 13.3. The molecule has 1 aromatic carbocycles. The van der Waals surface area contributed by atoms with Gasteiger partial charge in [0.1, 0.15) is 23.9 Å². The zero-order chi connectivity index (χ0) is 21.8. The van der Waals surface area contributed by atoms with Crippen LogP contribution in [0.15, 0.2) is 35.7 Å². The molecule has 1 amide bonds. The van der Waals surface area contributed by atoms with Crippen molar-refractivity contribution in [3.8, 4) is 18.1 Å². The molecule has 9 nitrogen and oxygen atoms in total. The monoisotopic (exact) mass is 417 g/mol. The van der Waals surface area contributed by atoms with Gasteiger partial charge in [0.25, 0.3) is 5.91 Å². The molecule has 158 valence electrons. The van der Waals surface area contributed by atoms with Crippen LogP contribution in [-0.2, 0) is 7.05 Å². The molecule has 31 heavy (non-hydrogen) atoms. The number of aryl methyl sites for hydroxylation is 1. The van der Waals surface area contributed by atoms with Crippen LogP contribution in [0.3, 0.4) is 0 Å². The Hall–Kier alpha value is -3.93. The highest BCUT2D eigenvalue weighted by Crippen LogP contribution is 2.30. The first kappa shape index (κ1) is 20.3. The molecule has 2 aromatic heterocycles. The SMILES string of the molecule is C#CCOc1cc2nn(C)cc2cc1NC(=O)c1cnc(N2CCC(/C=N/C)C2)cn1. The second kappa shape index (κ2) is 8.83. The summed E-state index contributed by atoms with van der Waals surface area (Å²) >= 11 is 0. The van der Waals surface area contributed by atoms with E-state index in [0.29, 0.717) is 17.4 Å². The van der Waals surface area contributed by atoms with Crippen LogP contribution in [0.2, 0.25) is 0 Å². The van der Waals surface area contributed by atoms with Gasteiger partial charge in [0.05, 0.1) is 23.6 Å². The third-order valence-electron chi connectivity index (χ3n) is 5.06. The lowest BCUT2D eigenvalue weighted by Gasteiger charge is -2.16. The summed E-state index contributed by atoms with van der Waals surface area (Å²) in [6.45, 7) is 1.81. The number of carbonyl (C=O) groups excluding carboxylic acids is 1. The number of aliphatic imine (C=N–C) groups is 1. The molecular formula is C22H23N7O2. The van der Waals surface area contributed by atoms with Gasteiger partial charge in [-0.05, 0) is 12.5 Å². The highest BCUT2D eigenvalue weighted by molar-refractivity contribution is 6.04. The molecule has 4 rings (SSSR count). The van der Waals surface area contributed by atoms with Gasteiger partial charge in [0.15, 0.2) is 0 Å². The number of rotatable bonds is 6. The lowest BCUT2D eigenvalue weighted by Crippen LogP contribution is -2.22. The molecule has 3 heterocycles. The molecular weight excluding hydrogens is 394 g/mol. The first-order valence-electron chi connectivity index (χ1n) is 9.91. The summed E-state index contributed by atoms with van der Waals surface area (Å²) < 4.78 is 7.30. The molecule has 1 aliphatic heterocycles. The molecule has 9 heteroatoms. The fraction of sp³-hybridized carbons (Fsp3) is 0.318. The quantitative estimate of drug-likeness (QED) is 0.488. The van der Waals surface area contributed by atoms with Crippen molar-refractivity contribution >= 4 is 34.5 Å². The smallest absolute Gasteiger partial charge is 0.275 e. The van der Waals surface area contributed by atoms with E-state index in [1.54, 1.807) is 30.1 Å². The minimum atomic E-state index is -0.384. The van der Waals surface area contributed by atoms with E-state index in [1.807, 2.05) is 19.5 Å². The van der Waals surface area contributed by atoms with Crippen LogP contribution >= 0.6 is 0 Å². The molecule has 1 saturated heterocycles. The standard InChI is InChI=1S/C22H23N7O2/c1-4-7-31-20-9-17-16(14-28(3)27-17)8-18(20)26-22(30)19-11-25-21(12-24-19)29-6-5-15(13-29)10-23-2/h1,8-12,14-15H,5-7,13H2,2-3H3,(H,26,30)/b23-10+. The molecule has 1 N–H and O–H groups in total. The summed E-state index contributed by atoms with van der Waals surface area (Å²) in [6, 6.07) is 3.55. The molecule has 0 bridgehead atoms. The number of nitrogens with zero attached hydrogens (tertiary/aromatic N) is 6. The van der Waals surface area contributed by atoms with Gasteiger partial charge >= 0.3 is 0 Å². The number of hydrogen-bond donors (Lipinski definition) is 1. The lowest BCUT2D eigenvalue weighted by atomic mass is 10.1. The number of benzene rings is 1. The van der Waals surface area contributed by atoms with Crippen LogP contribution in [0.4, 0.5) is 11.5 Å². The zero-order valence-electron chi connectivity index (χ0n) is 17.4.